The van der Waals surface area contributed by atoms with Gasteiger partial charge in [0.15, 0.2) is 5.82 Å². The van der Waals surface area contributed by atoms with Gasteiger partial charge in [0.2, 0.25) is 5.88 Å². The number of hydrogen-bond donors (Lipinski definition) is 2. The first-order chi connectivity index (χ1) is 6.54. The molecule has 14 heavy (non-hydrogen) atoms. The molecule has 1 aromatic heterocycles. The minimum absolute atomic E-state index is 0.00759. The third-order valence-electron chi connectivity index (χ3n) is 1.38. The fourth-order valence-electron chi connectivity index (χ4n) is 0.857. The number of ether oxygens (including phenoxy) is 1. The summed E-state index contributed by atoms with van der Waals surface area (Å²) in [6, 6.07) is 1.53. The van der Waals surface area contributed by atoms with Crippen molar-refractivity contribution in [1.29, 1.82) is 0 Å². The molecule has 3 N–H and O–H groups in total. The van der Waals surface area contributed by atoms with E-state index in [9.17, 15) is 0 Å². The number of nitrogens with two attached hydrogens (primary N) is 1. The van der Waals surface area contributed by atoms with Crippen LogP contribution in [0.5, 0.6) is 5.88 Å². The molecule has 0 unspecified atom stereocenters. The SMILES string of the molecule is CC(C)Oc1nc(NN)c(Cl)cc1Cl. The summed E-state index contributed by atoms with van der Waals surface area (Å²) in [6.07, 6.45) is -0.00759. The quantitative estimate of drug-likeness (QED) is 0.625. The summed E-state index contributed by atoms with van der Waals surface area (Å²) in [5.41, 5.74) is 2.35. The lowest BCUT2D eigenvalue weighted by Gasteiger charge is -2.12. The van der Waals surface area contributed by atoms with Gasteiger partial charge in [-0.2, -0.15) is 4.98 Å². The fraction of sp³-hybridized carbons (Fsp3) is 0.375. The van der Waals surface area contributed by atoms with Crippen LogP contribution in [-0.4, -0.2) is 11.1 Å². The van der Waals surface area contributed by atoms with E-state index in [-0.39, 0.29) is 6.10 Å². The first-order valence-electron chi connectivity index (χ1n) is 4.04. The van der Waals surface area contributed by atoms with E-state index >= 15 is 0 Å². The van der Waals surface area contributed by atoms with Crippen LogP contribution in [0.3, 0.4) is 0 Å². The molecule has 0 aliphatic heterocycles. The molecule has 1 heterocycles. The molecule has 0 aromatic carbocycles. The maximum Gasteiger partial charge on any atom is 0.234 e. The largest absolute Gasteiger partial charge is 0.474 e. The van der Waals surface area contributed by atoms with E-state index in [1.54, 1.807) is 0 Å². The molecule has 0 aliphatic rings. The second-order valence-corrected chi connectivity index (χ2v) is 3.73. The zero-order valence-electron chi connectivity index (χ0n) is 7.84. The van der Waals surface area contributed by atoms with Gasteiger partial charge in [-0.25, -0.2) is 5.84 Å². The van der Waals surface area contributed by atoms with Gasteiger partial charge in [-0.15, -0.1) is 0 Å². The number of halogens is 2. The first-order valence-corrected chi connectivity index (χ1v) is 4.79. The highest BCUT2D eigenvalue weighted by Gasteiger charge is 2.10. The van der Waals surface area contributed by atoms with Gasteiger partial charge in [0.05, 0.1) is 11.1 Å². The maximum absolute atomic E-state index is 5.86. The summed E-state index contributed by atoms with van der Waals surface area (Å²) in [5, 5.41) is 0.719. The molecular formula is C8H11Cl2N3O. The topological polar surface area (TPSA) is 60.2 Å². The van der Waals surface area contributed by atoms with Gasteiger partial charge in [0.25, 0.3) is 0 Å². The van der Waals surface area contributed by atoms with Crippen LogP contribution in [0.2, 0.25) is 10.0 Å². The van der Waals surface area contributed by atoms with Crippen LogP contribution >= 0.6 is 23.2 Å². The minimum atomic E-state index is -0.00759. The van der Waals surface area contributed by atoms with E-state index in [0.29, 0.717) is 21.7 Å². The average molecular weight is 236 g/mol. The normalized spacial score (nSPS) is 10.4. The van der Waals surface area contributed by atoms with Crippen LogP contribution in [0.15, 0.2) is 6.07 Å². The molecule has 0 bridgehead atoms. The summed E-state index contributed by atoms with van der Waals surface area (Å²) >= 11 is 11.7. The summed E-state index contributed by atoms with van der Waals surface area (Å²) in [5.74, 6) is 5.86. The molecule has 0 saturated carbocycles. The lowest BCUT2D eigenvalue weighted by molar-refractivity contribution is 0.233. The zero-order valence-corrected chi connectivity index (χ0v) is 9.36. The molecule has 4 nitrogen and oxygen atoms in total. The number of hydrazine groups is 1. The second kappa shape index (κ2) is 4.68. The van der Waals surface area contributed by atoms with Crippen LogP contribution < -0.4 is 16.0 Å². The maximum atomic E-state index is 5.86. The molecule has 6 heteroatoms. The number of nitrogens with zero attached hydrogens (tertiary/aromatic N) is 1. The highest BCUT2D eigenvalue weighted by atomic mass is 35.5. The van der Waals surface area contributed by atoms with Crippen LogP contribution in [0.25, 0.3) is 0 Å². The van der Waals surface area contributed by atoms with Crippen LogP contribution in [0.4, 0.5) is 5.82 Å². The van der Waals surface area contributed by atoms with Crippen molar-refractivity contribution in [2.24, 2.45) is 5.84 Å². The number of rotatable bonds is 3. The smallest absolute Gasteiger partial charge is 0.234 e. The molecule has 0 fully saturated rings. The molecule has 0 spiro atoms. The molecule has 1 rings (SSSR count). The van der Waals surface area contributed by atoms with Crippen LogP contribution in [0.1, 0.15) is 13.8 Å². The predicted molar refractivity (Wildman–Crippen MR) is 57.8 cm³/mol. The minimum Gasteiger partial charge on any atom is -0.474 e. The summed E-state index contributed by atoms with van der Waals surface area (Å²) in [6.45, 7) is 3.75. The number of hydrogen-bond acceptors (Lipinski definition) is 4. The van der Waals surface area contributed by atoms with E-state index in [0.717, 1.165) is 0 Å². The van der Waals surface area contributed by atoms with Crippen molar-refractivity contribution in [2.45, 2.75) is 20.0 Å². The van der Waals surface area contributed by atoms with Crippen molar-refractivity contribution in [2.75, 3.05) is 5.43 Å². The summed E-state index contributed by atoms with van der Waals surface area (Å²) in [4.78, 5) is 4.01. The number of nitrogens with one attached hydrogen (secondary N) is 1. The Bertz CT molecular complexity index is 331. The van der Waals surface area contributed by atoms with Gasteiger partial charge in [-0.1, -0.05) is 23.2 Å². The standard InChI is InChI=1S/C8H11Cl2N3O/c1-4(2)14-8-6(10)3-5(9)7(12-8)13-11/h3-4H,11H2,1-2H3,(H,12,13). The van der Waals surface area contributed by atoms with Gasteiger partial charge < -0.3 is 10.2 Å². The first kappa shape index (κ1) is 11.4. The second-order valence-electron chi connectivity index (χ2n) is 2.92. The van der Waals surface area contributed by atoms with E-state index < -0.39 is 0 Å². The van der Waals surface area contributed by atoms with Gasteiger partial charge in [0, 0.05) is 0 Å². The van der Waals surface area contributed by atoms with Gasteiger partial charge >= 0.3 is 0 Å². The summed E-state index contributed by atoms with van der Waals surface area (Å²) in [7, 11) is 0. The van der Waals surface area contributed by atoms with Gasteiger partial charge in [0.1, 0.15) is 5.02 Å². The molecule has 1 aromatic rings. The number of pyridine rings is 1. The van der Waals surface area contributed by atoms with E-state index in [1.807, 2.05) is 13.8 Å². The highest BCUT2D eigenvalue weighted by Crippen LogP contribution is 2.30. The Hall–Kier alpha value is -0.710. The third-order valence-corrected chi connectivity index (χ3v) is 1.94. The Labute approximate surface area is 92.3 Å². The highest BCUT2D eigenvalue weighted by molar-refractivity contribution is 6.36. The lowest BCUT2D eigenvalue weighted by atomic mass is 10.4. The predicted octanol–water partition coefficient (Wildman–Crippen LogP) is 2.46. The monoisotopic (exact) mass is 235 g/mol. The Balaban J connectivity index is 3.04. The van der Waals surface area contributed by atoms with Crippen molar-refractivity contribution < 1.29 is 4.74 Å². The van der Waals surface area contributed by atoms with E-state index in [4.69, 9.17) is 33.8 Å². The average Bonchev–Trinajstić information content (AvgIpc) is 2.09. The molecular weight excluding hydrogens is 225 g/mol. The molecule has 0 atom stereocenters. The Morgan fingerprint density at radius 1 is 1.43 bits per heavy atom. The van der Waals surface area contributed by atoms with Gasteiger partial charge in [-0.05, 0) is 19.9 Å². The molecule has 0 saturated heterocycles. The van der Waals surface area contributed by atoms with Crippen molar-refractivity contribution in [3.05, 3.63) is 16.1 Å². The molecule has 0 radical (unpaired) electrons. The molecule has 78 valence electrons. The van der Waals surface area contributed by atoms with E-state index in [1.165, 1.54) is 6.07 Å². The number of nitrogen functional groups attached to an aromatic ring is 1. The molecule has 0 amide bonds. The van der Waals surface area contributed by atoms with Crippen LogP contribution in [0, 0.1) is 0 Å². The van der Waals surface area contributed by atoms with Crippen LogP contribution in [-0.2, 0) is 0 Å². The fourth-order valence-corrected chi connectivity index (χ4v) is 1.31. The van der Waals surface area contributed by atoms with Gasteiger partial charge in [-0.3, -0.25) is 0 Å². The van der Waals surface area contributed by atoms with Crippen molar-refractivity contribution in [3.8, 4) is 5.88 Å². The third kappa shape index (κ3) is 2.64. The Kier molecular flexibility index (Phi) is 3.80. The Morgan fingerprint density at radius 3 is 2.57 bits per heavy atom. The lowest BCUT2D eigenvalue weighted by Crippen LogP contribution is -2.12. The Morgan fingerprint density at radius 2 is 2.07 bits per heavy atom. The van der Waals surface area contributed by atoms with Crippen molar-refractivity contribution in [3.63, 3.8) is 0 Å². The van der Waals surface area contributed by atoms with Crippen molar-refractivity contribution in [1.82, 2.24) is 4.98 Å². The zero-order chi connectivity index (χ0) is 10.7. The number of anilines is 1. The number of aromatic nitrogens is 1. The van der Waals surface area contributed by atoms with E-state index in [2.05, 4.69) is 10.4 Å². The molecule has 0 aliphatic carbocycles. The van der Waals surface area contributed by atoms with Crippen molar-refractivity contribution >= 4 is 29.0 Å². The summed E-state index contributed by atoms with van der Waals surface area (Å²) < 4.78 is 5.35.